The van der Waals surface area contributed by atoms with Crippen LogP contribution in [0.4, 0.5) is 0 Å². The molecule has 32 heavy (non-hydrogen) atoms. The highest BCUT2D eigenvalue weighted by atomic mass is 16.3. The maximum absolute atomic E-state index is 11.3. The summed E-state index contributed by atoms with van der Waals surface area (Å²) < 4.78 is 0. The van der Waals surface area contributed by atoms with Crippen molar-refractivity contribution in [2.24, 2.45) is 0 Å². The van der Waals surface area contributed by atoms with E-state index in [4.69, 9.17) is 0 Å². The Morgan fingerprint density at radius 1 is 0.344 bits per heavy atom. The van der Waals surface area contributed by atoms with Crippen LogP contribution in [-0.2, 0) is 0 Å². The molecule has 0 saturated carbocycles. The van der Waals surface area contributed by atoms with Crippen molar-refractivity contribution in [3.63, 3.8) is 0 Å². The summed E-state index contributed by atoms with van der Waals surface area (Å²) in [7, 11) is 14.7. The third-order valence-corrected chi connectivity index (χ3v) is 7.41. The van der Waals surface area contributed by atoms with Gasteiger partial charge in [-0.15, -0.1) is 0 Å². The van der Waals surface area contributed by atoms with Crippen LogP contribution >= 0.6 is 0 Å². The first kappa shape index (κ1) is 23.8. The fraction of sp³-hybridized carbons (Fsp3) is 0.0526. The zero-order valence-electron chi connectivity index (χ0n) is 20.2. The van der Waals surface area contributed by atoms with E-state index < -0.39 is 0 Å². The molecule has 0 bridgehead atoms. The third kappa shape index (κ3) is 3.13. The molecular formula is C19H24B8O5. The topological polar surface area (TPSA) is 101 Å². The molecule has 5 nitrogen and oxygen atoms in total. The second-order valence-corrected chi connectivity index (χ2v) is 8.87. The van der Waals surface area contributed by atoms with E-state index in [2.05, 4.69) is 0 Å². The van der Waals surface area contributed by atoms with E-state index in [1.807, 2.05) is 47.1 Å². The quantitative estimate of drug-likeness (QED) is 0.210. The van der Waals surface area contributed by atoms with Crippen LogP contribution < -0.4 is 43.7 Å². The molecule has 5 N–H and O–H groups in total. The summed E-state index contributed by atoms with van der Waals surface area (Å²) in [6.45, 7) is 1.75. The van der Waals surface area contributed by atoms with Crippen LogP contribution in [0.3, 0.4) is 0 Å². The monoisotopic (exact) mass is 420 g/mol. The first-order chi connectivity index (χ1) is 14.7. The molecule has 0 heterocycles. The molecule has 0 fully saturated rings. The number of phenols is 5. The Morgan fingerprint density at radius 3 is 1.28 bits per heavy atom. The molecule has 0 aromatic heterocycles. The van der Waals surface area contributed by atoms with Crippen molar-refractivity contribution in [1.29, 1.82) is 0 Å². The van der Waals surface area contributed by atoms with Crippen molar-refractivity contribution in [3.8, 4) is 51.0 Å². The summed E-state index contributed by atoms with van der Waals surface area (Å²) in [4.78, 5) is 0. The van der Waals surface area contributed by atoms with Gasteiger partial charge < -0.3 is 25.5 Å². The number of hydrogen-bond acceptors (Lipinski definition) is 5. The van der Waals surface area contributed by atoms with Gasteiger partial charge in [-0.1, -0.05) is 38.2 Å². The molecule has 0 unspecified atom stereocenters. The molecule has 0 radical (unpaired) electrons. The average molecular weight is 419 g/mol. The van der Waals surface area contributed by atoms with Crippen molar-refractivity contribution in [3.05, 3.63) is 5.56 Å². The lowest BCUT2D eigenvalue weighted by molar-refractivity contribution is 0.403. The van der Waals surface area contributed by atoms with Gasteiger partial charge in [0, 0.05) is 16.7 Å². The van der Waals surface area contributed by atoms with Crippen LogP contribution in [0.2, 0.25) is 0 Å². The molecule has 0 aliphatic rings. The lowest BCUT2D eigenvalue weighted by atomic mass is 9.62. The molecular weight excluding hydrogens is 395 g/mol. The highest BCUT2D eigenvalue weighted by Gasteiger charge is 2.27. The van der Waals surface area contributed by atoms with Crippen LogP contribution in [0.1, 0.15) is 5.56 Å². The van der Waals surface area contributed by atoms with Crippen LogP contribution in [0.5, 0.6) is 28.7 Å². The van der Waals surface area contributed by atoms with Crippen LogP contribution in [0.25, 0.3) is 22.3 Å². The highest BCUT2D eigenvalue weighted by Crippen LogP contribution is 2.39. The van der Waals surface area contributed by atoms with Gasteiger partial charge in [0.25, 0.3) is 0 Å². The fourth-order valence-electron chi connectivity index (χ4n) is 4.67. The zero-order chi connectivity index (χ0) is 24.4. The van der Waals surface area contributed by atoms with Gasteiger partial charge in [-0.2, -0.15) is 0 Å². The third-order valence-electron chi connectivity index (χ3n) is 7.41. The van der Waals surface area contributed by atoms with Crippen LogP contribution in [0.15, 0.2) is 0 Å². The Kier molecular flexibility index (Phi) is 5.92. The molecule has 3 aromatic carbocycles. The van der Waals surface area contributed by atoms with Crippen molar-refractivity contribution in [2.75, 3.05) is 0 Å². The number of aromatic hydroxyl groups is 5. The van der Waals surface area contributed by atoms with E-state index in [1.165, 1.54) is 0 Å². The van der Waals surface area contributed by atoms with E-state index in [0.717, 1.165) is 27.3 Å². The molecule has 0 amide bonds. The minimum absolute atomic E-state index is 0.0410. The maximum atomic E-state index is 11.3. The minimum atomic E-state index is -0.265. The predicted molar refractivity (Wildman–Crippen MR) is 156 cm³/mol. The number of hydrogen-bond donors (Lipinski definition) is 5. The predicted octanol–water partition coefficient (Wildman–Crippen LogP) is -10.1. The maximum Gasteiger partial charge on any atom is 0.165 e. The molecule has 0 saturated heterocycles. The Bertz CT molecular complexity index is 1140. The summed E-state index contributed by atoms with van der Waals surface area (Å²) in [5.74, 6) is -0.894. The van der Waals surface area contributed by atoms with Gasteiger partial charge in [-0.05, 0) is 23.5 Å². The van der Waals surface area contributed by atoms with Gasteiger partial charge in [-0.25, -0.2) is 0 Å². The smallest absolute Gasteiger partial charge is 0.165 e. The lowest BCUT2D eigenvalue weighted by Crippen LogP contribution is -2.43. The van der Waals surface area contributed by atoms with E-state index in [1.54, 1.807) is 22.6 Å². The minimum Gasteiger partial charge on any atom is -0.508 e. The Labute approximate surface area is 195 Å². The van der Waals surface area contributed by atoms with E-state index in [9.17, 15) is 25.5 Å². The summed E-state index contributed by atoms with van der Waals surface area (Å²) in [6.07, 6.45) is 0. The molecule has 0 aliphatic heterocycles. The lowest BCUT2D eigenvalue weighted by Gasteiger charge is -2.26. The Morgan fingerprint density at radius 2 is 0.719 bits per heavy atom. The highest BCUT2D eigenvalue weighted by molar-refractivity contribution is 6.62. The van der Waals surface area contributed by atoms with Gasteiger partial charge in [0.05, 0.1) is 0 Å². The van der Waals surface area contributed by atoms with Crippen LogP contribution in [0, 0.1) is 6.92 Å². The number of phenolic OH excluding ortho intramolecular Hbond substituents is 5. The fourth-order valence-corrected chi connectivity index (χ4v) is 4.67. The Balaban J connectivity index is 2.50. The largest absolute Gasteiger partial charge is 0.508 e. The molecule has 13 heteroatoms. The second-order valence-electron chi connectivity index (χ2n) is 8.87. The van der Waals surface area contributed by atoms with Crippen molar-refractivity contribution < 1.29 is 25.5 Å². The molecule has 0 spiro atoms. The summed E-state index contributed by atoms with van der Waals surface area (Å²) >= 11 is 0. The van der Waals surface area contributed by atoms with Crippen molar-refractivity contribution in [1.82, 2.24) is 0 Å². The molecule has 0 atom stereocenters. The van der Waals surface area contributed by atoms with E-state index >= 15 is 0 Å². The molecule has 154 valence electrons. The van der Waals surface area contributed by atoms with E-state index in [0.29, 0.717) is 44.2 Å². The van der Waals surface area contributed by atoms with Crippen molar-refractivity contribution >= 4 is 106 Å². The van der Waals surface area contributed by atoms with Crippen LogP contribution in [-0.4, -0.2) is 88.3 Å². The Hall–Kier alpha value is -2.82. The SMILES string of the molecule is Bc1c(B)c(O)c(O)c(-c2c(B)c(B)c(-c3c(B)c(B)c(C)c(O)c3O)c(B)c2O)c1B. The molecule has 3 aromatic rings. The number of benzene rings is 3. The standard InChI is InChI=1S/C19H24B8O5/c1-2-7(20)9(22)4(17(30)15(2)28)3-8(21)10(23)5(16(29)12(3)25)6-11(24)13(26)14(27)19(32)18(6)31/h28-32H,20-27H2,1H3. The van der Waals surface area contributed by atoms with Gasteiger partial charge >= 0.3 is 0 Å². The first-order valence-electron chi connectivity index (χ1n) is 10.6. The molecule has 3 rings (SSSR count). The summed E-state index contributed by atoms with van der Waals surface area (Å²) in [6, 6.07) is 0. The van der Waals surface area contributed by atoms with Gasteiger partial charge in [-0.3, -0.25) is 0 Å². The zero-order valence-corrected chi connectivity index (χ0v) is 20.2. The summed E-state index contributed by atoms with van der Waals surface area (Å²) in [5.41, 5.74) is 8.48. The first-order valence-corrected chi connectivity index (χ1v) is 10.6. The normalized spacial score (nSPS) is 11.0. The average Bonchev–Trinajstić information content (AvgIpc) is 2.76. The van der Waals surface area contributed by atoms with E-state index in [-0.39, 0.29) is 28.7 Å². The van der Waals surface area contributed by atoms with Gasteiger partial charge in [0.1, 0.15) is 68.5 Å². The van der Waals surface area contributed by atoms with Gasteiger partial charge in [0.2, 0.25) is 0 Å². The van der Waals surface area contributed by atoms with Crippen molar-refractivity contribution in [2.45, 2.75) is 6.92 Å². The van der Waals surface area contributed by atoms with Gasteiger partial charge in [0.15, 0.2) is 23.0 Å². The number of rotatable bonds is 2. The molecule has 0 aliphatic carbocycles. The summed E-state index contributed by atoms with van der Waals surface area (Å²) in [5, 5.41) is 54.0. The second kappa shape index (κ2) is 7.95.